The van der Waals surface area contributed by atoms with Gasteiger partial charge in [0, 0.05) is 18.8 Å². The molecule has 0 aliphatic carbocycles. The van der Waals surface area contributed by atoms with Crippen LogP contribution in [0.3, 0.4) is 0 Å². The van der Waals surface area contributed by atoms with E-state index >= 15 is 0 Å². The fourth-order valence-electron chi connectivity index (χ4n) is 1.49. The molecule has 0 radical (unpaired) electrons. The number of carbonyl (C=O) groups excluding carboxylic acids is 1. The van der Waals surface area contributed by atoms with E-state index in [2.05, 4.69) is 10.6 Å². The third kappa shape index (κ3) is 4.87. The lowest BCUT2D eigenvalue weighted by molar-refractivity contribution is -0.132. The monoisotopic (exact) mass is 289 g/mol. The number of carboxylic acids is 1. The number of amides is 1. The molecule has 1 rings (SSSR count). The number of nitrogens with zero attached hydrogens (tertiary/aromatic N) is 1. The summed E-state index contributed by atoms with van der Waals surface area (Å²) < 4.78 is 5.37. The molecule has 1 amide bonds. The molecule has 0 saturated carbocycles. The quantitative estimate of drug-likeness (QED) is 0.545. The number of nitrogens with one attached hydrogen (secondary N) is 2. The Hall–Kier alpha value is -3.01. The first kappa shape index (κ1) is 16.0. The van der Waals surface area contributed by atoms with Crippen LogP contribution in [-0.4, -0.2) is 23.6 Å². The van der Waals surface area contributed by atoms with Crippen LogP contribution in [0.1, 0.15) is 13.8 Å². The molecule has 0 heterocycles. The minimum Gasteiger partial charge on any atom is -0.492 e. The van der Waals surface area contributed by atoms with Gasteiger partial charge in [0.05, 0.1) is 12.3 Å². The van der Waals surface area contributed by atoms with Crippen LogP contribution in [-0.2, 0) is 9.59 Å². The molecule has 1 aromatic carbocycles. The minimum absolute atomic E-state index is 0.258. The van der Waals surface area contributed by atoms with E-state index < -0.39 is 11.5 Å². The average Bonchev–Trinajstić information content (AvgIpc) is 2.41. The summed E-state index contributed by atoms with van der Waals surface area (Å²) in [5.74, 6) is -1.08. The number of hydrogen-bond donors (Lipinski definition) is 3. The molecule has 3 N–H and O–H groups in total. The second-order valence-electron chi connectivity index (χ2n) is 3.94. The fraction of sp³-hybridized carbons (Fsp3) is 0.214. The zero-order chi connectivity index (χ0) is 15.8. The largest absolute Gasteiger partial charge is 0.492 e. The Morgan fingerprint density at radius 3 is 2.71 bits per heavy atom. The summed E-state index contributed by atoms with van der Waals surface area (Å²) in [6.07, 6.45) is 1.08. The van der Waals surface area contributed by atoms with E-state index in [0.29, 0.717) is 23.7 Å². The molecule has 0 aliphatic rings. The van der Waals surface area contributed by atoms with Gasteiger partial charge in [-0.1, -0.05) is 0 Å². The van der Waals surface area contributed by atoms with Gasteiger partial charge in [0.25, 0.3) is 0 Å². The number of hydrogen-bond acceptors (Lipinski definition) is 5. The molecular formula is C14H15N3O4. The SMILES string of the molecule is CCOc1ccc(N/C=C(\C#N)C(=O)O)cc1NC(C)=O. The topological polar surface area (TPSA) is 111 Å². The van der Waals surface area contributed by atoms with E-state index in [1.165, 1.54) is 6.92 Å². The highest BCUT2D eigenvalue weighted by Crippen LogP contribution is 2.28. The second kappa shape index (κ2) is 7.55. The van der Waals surface area contributed by atoms with Gasteiger partial charge in [-0.05, 0) is 25.1 Å². The van der Waals surface area contributed by atoms with Crippen molar-refractivity contribution in [3.8, 4) is 11.8 Å². The van der Waals surface area contributed by atoms with Crippen molar-refractivity contribution in [1.82, 2.24) is 0 Å². The van der Waals surface area contributed by atoms with Crippen LogP contribution in [0.2, 0.25) is 0 Å². The summed E-state index contributed by atoms with van der Waals surface area (Å²) in [4.78, 5) is 21.9. The summed E-state index contributed by atoms with van der Waals surface area (Å²) in [5, 5.41) is 22.7. The van der Waals surface area contributed by atoms with Crippen molar-refractivity contribution in [2.24, 2.45) is 0 Å². The zero-order valence-electron chi connectivity index (χ0n) is 11.6. The number of nitriles is 1. The number of ether oxygens (including phenoxy) is 1. The first-order valence-corrected chi connectivity index (χ1v) is 6.12. The maximum absolute atomic E-state index is 11.2. The summed E-state index contributed by atoms with van der Waals surface area (Å²) in [5.41, 5.74) is 0.540. The van der Waals surface area contributed by atoms with Gasteiger partial charge < -0.3 is 20.5 Å². The van der Waals surface area contributed by atoms with Crippen molar-refractivity contribution in [3.63, 3.8) is 0 Å². The zero-order valence-corrected chi connectivity index (χ0v) is 11.6. The molecule has 21 heavy (non-hydrogen) atoms. The molecule has 110 valence electrons. The van der Waals surface area contributed by atoms with E-state index in [4.69, 9.17) is 15.1 Å². The molecule has 0 fully saturated rings. The summed E-state index contributed by atoms with van der Waals surface area (Å²) in [7, 11) is 0. The van der Waals surface area contributed by atoms with Crippen LogP contribution in [0, 0.1) is 11.3 Å². The van der Waals surface area contributed by atoms with Gasteiger partial charge in [-0.2, -0.15) is 5.26 Å². The lowest BCUT2D eigenvalue weighted by Gasteiger charge is -2.12. The van der Waals surface area contributed by atoms with Crippen molar-refractivity contribution >= 4 is 23.3 Å². The number of benzene rings is 1. The Morgan fingerprint density at radius 2 is 2.19 bits per heavy atom. The number of carboxylic acid groups (broad SMARTS) is 1. The maximum Gasteiger partial charge on any atom is 0.347 e. The molecule has 0 saturated heterocycles. The van der Waals surface area contributed by atoms with Crippen molar-refractivity contribution in [2.45, 2.75) is 13.8 Å². The molecule has 0 unspecified atom stereocenters. The van der Waals surface area contributed by atoms with E-state index in [9.17, 15) is 9.59 Å². The lowest BCUT2D eigenvalue weighted by atomic mass is 10.2. The first-order chi connectivity index (χ1) is 9.97. The number of carbonyl (C=O) groups is 2. The molecule has 1 aromatic rings. The van der Waals surface area contributed by atoms with Gasteiger partial charge in [-0.3, -0.25) is 4.79 Å². The van der Waals surface area contributed by atoms with E-state index in [0.717, 1.165) is 6.20 Å². The van der Waals surface area contributed by atoms with Gasteiger partial charge in [-0.25, -0.2) is 4.79 Å². The molecule has 0 atom stereocenters. The molecule has 7 nitrogen and oxygen atoms in total. The highest BCUT2D eigenvalue weighted by Gasteiger charge is 2.08. The van der Waals surface area contributed by atoms with Gasteiger partial charge >= 0.3 is 5.97 Å². The third-order valence-electron chi connectivity index (χ3n) is 2.32. The Kier molecular flexibility index (Phi) is 5.77. The van der Waals surface area contributed by atoms with Crippen LogP contribution in [0.4, 0.5) is 11.4 Å². The van der Waals surface area contributed by atoms with Crippen LogP contribution in [0.15, 0.2) is 30.0 Å². The number of aliphatic carboxylic acids is 1. The molecule has 0 aromatic heterocycles. The average molecular weight is 289 g/mol. The fourth-order valence-corrected chi connectivity index (χ4v) is 1.49. The molecular weight excluding hydrogens is 274 g/mol. The maximum atomic E-state index is 11.2. The number of anilines is 2. The van der Waals surface area contributed by atoms with Crippen molar-refractivity contribution in [1.29, 1.82) is 5.26 Å². The van der Waals surface area contributed by atoms with Crippen LogP contribution in [0.5, 0.6) is 5.75 Å². The van der Waals surface area contributed by atoms with Crippen LogP contribution in [0.25, 0.3) is 0 Å². The predicted octanol–water partition coefficient (Wildman–Crippen LogP) is 1.95. The smallest absolute Gasteiger partial charge is 0.347 e. The summed E-state index contributed by atoms with van der Waals surface area (Å²) in [6, 6.07) is 6.42. The minimum atomic E-state index is -1.32. The van der Waals surface area contributed by atoms with E-state index in [-0.39, 0.29) is 5.91 Å². The van der Waals surface area contributed by atoms with Crippen LogP contribution >= 0.6 is 0 Å². The molecule has 0 spiro atoms. The van der Waals surface area contributed by atoms with Crippen LogP contribution < -0.4 is 15.4 Å². The highest BCUT2D eigenvalue weighted by atomic mass is 16.5. The molecule has 0 aliphatic heterocycles. The highest BCUT2D eigenvalue weighted by molar-refractivity contribution is 5.92. The third-order valence-corrected chi connectivity index (χ3v) is 2.32. The first-order valence-electron chi connectivity index (χ1n) is 6.12. The summed E-state index contributed by atoms with van der Waals surface area (Å²) in [6.45, 7) is 3.63. The van der Waals surface area contributed by atoms with E-state index in [1.807, 2.05) is 6.92 Å². The van der Waals surface area contributed by atoms with Gasteiger partial charge in [0.15, 0.2) is 5.57 Å². The summed E-state index contributed by atoms with van der Waals surface area (Å²) >= 11 is 0. The van der Waals surface area contributed by atoms with Crippen molar-refractivity contribution in [3.05, 3.63) is 30.0 Å². The van der Waals surface area contributed by atoms with Gasteiger partial charge in [0.2, 0.25) is 5.91 Å². The second-order valence-corrected chi connectivity index (χ2v) is 3.94. The Bertz CT molecular complexity index is 617. The van der Waals surface area contributed by atoms with Crippen molar-refractivity contribution in [2.75, 3.05) is 17.2 Å². The number of rotatable bonds is 6. The Morgan fingerprint density at radius 1 is 1.48 bits per heavy atom. The van der Waals surface area contributed by atoms with Gasteiger partial charge in [-0.15, -0.1) is 0 Å². The Balaban J connectivity index is 3.02. The lowest BCUT2D eigenvalue weighted by Crippen LogP contribution is -2.08. The molecule has 7 heteroatoms. The molecule has 0 bridgehead atoms. The predicted molar refractivity (Wildman–Crippen MR) is 76.9 cm³/mol. The van der Waals surface area contributed by atoms with E-state index in [1.54, 1.807) is 24.3 Å². The normalized spacial score (nSPS) is 10.4. The van der Waals surface area contributed by atoms with Gasteiger partial charge in [0.1, 0.15) is 11.8 Å². The standard InChI is InChI=1S/C14H15N3O4/c1-3-21-13-5-4-11(6-12(13)17-9(2)18)16-8-10(7-15)14(19)20/h4-6,8,16H,3H2,1-2H3,(H,17,18)(H,19,20)/b10-8+. The van der Waals surface area contributed by atoms with Crippen molar-refractivity contribution < 1.29 is 19.4 Å². The Labute approximate surface area is 121 Å².